The maximum atomic E-state index is 14.0. The van der Waals surface area contributed by atoms with E-state index < -0.39 is 0 Å². The van der Waals surface area contributed by atoms with Gasteiger partial charge in [0.2, 0.25) is 0 Å². The van der Waals surface area contributed by atoms with E-state index in [0.29, 0.717) is 31.9 Å². The van der Waals surface area contributed by atoms with Crippen LogP contribution in [0.5, 0.6) is 0 Å². The Hall–Kier alpha value is -1.98. The molecular weight excluding hydrogens is 281 g/mol. The lowest BCUT2D eigenvalue weighted by molar-refractivity contribution is 0.302. The second-order valence-corrected chi connectivity index (χ2v) is 5.05. The van der Waals surface area contributed by atoms with Crippen molar-refractivity contribution in [2.75, 3.05) is 24.6 Å². The largest absolute Gasteiger partial charge is 0.395 e. The highest BCUT2D eigenvalue weighted by Crippen LogP contribution is 2.20. The van der Waals surface area contributed by atoms with Crippen LogP contribution < -0.4 is 10.2 Å². The second kappa shape index (κ2) is 8.46. The third-order valence-corrected chi connectivity index (χ3v) is 3.48. The van der Waals surface area contributed by atoms with Crippen LogP contribution in [0.3, 0.4) is 0 Å². The van der Waals surface area contributed by atoms with Gasteiger partial charge >= 0.3 is 0 Å². The van der Waals surface area contributed by atoms with Crippen molar-refractivity contribution in [2.24, 2.45) is 0 Å². The first-order valence-electron chi connectivity index (χ1n) is 7.48. The molecule has 118 valence electrons. The Labute approximate surface area is 130 Å². The fraction of sp³-hybridized carbons (Fsp3) is 0.353. The highest BCUT2D eigenvalue weighted by atomic mass is 19.1. The lowest BCUT2D eigenvalue weighted by atomic mass is 10.1. The number of benzene rings is 1. The van der Waals surface area contributed by atoms with E-state index >= 15 is 0 Å². The maximum Gasteiger partial charge on any atom is 0.146 e. The molecule has 0 unspecified atom stereocenters. The molecule has 0 aliphatic carbocycles. The standard InChI is InChI=1S/C17H22FN3O/c1-2-21(8-9-22)17-10-14(5-6-16(17)18)11-20-13-15-4-3-7-19-12-15/h3-7,10,12,20,22H,2,8-9,11,13H2,1H3. The molecule has 5 heteroatoms. The zero-order chi connectivity index (χ0) is 15.8. The van der Waals surface area contributed by atoms with E-state index in [1.807, 2.05) is 36.2 Å². The molecule has 0 aliphatic rings. The summed E-state index contributed by atoms with van der Waals surface area (Å²) in [4.78, 5) is 5.90. The molecule has 1 aromatic heterocycles. The fourth-order valence-corrected chi connectivity index (χ4v) is 2.33. The van der Waals surface area contributed by atoms with Gasteiger partial charge in [-0.25, -0.2) is 4.39 Å². The number of hydrogen-bond donors (Lipinski definition) is 2. The van der Waals surface area contributed by atoms with Crippen molar-refractivity contribution in [1.82, 2.24) is 10.3 Å². The van der Waals surface area contributed by atoms with E-state index in [-0.39, 0.29) is 12.4 Å². The monoisotopic (exact) mass is 303 g/mol. The zero-order valence-electron chi connectivity index (χ0n) is 12.8. The summed E-state index contributed by atoms with van der Waals surface area (Å²) in [6, 6.07) is 9.01. The van der Waals surface area contributed by atoms with E-state index in [1.165, 1.54) is 6.07 Å². The minimum atomic E-state index is -0.258. The van der Waals surface area contributed by atoms with Crippen molar-refractivity contribution in [3.05, 3.63) is 59.7 Å². The summed E-state index contributed by atoms with van der Waals surface area (Å²) in [6.07, 6.45) is 3.57. The van der Waals surface area contributed by atoms with Gasteiger partial charge in [-0.2, -0.15) is 0 Å². The Balaban J connectivity index is 1.99. The summed E-state index contributed by atoms with van der Waals surface area (Å²) in [5.41, 5.74) is 2.66. The summed E-state index contributed by atoms with van der Waals surface area (Å²) >= 11 is 0. The SMILES string of the molecule is CCN(CCO)c1cc(CNCc2cccnc2)ccc1F. The van der Waals surface area contributed by atoms with Gasteiger partial charge in [0.1, 0.15) is 5.82 Å². The Morgan fingerprint density at radius 1 is 1.23 bits per heavy atom. The predicted octanol–water partition coefficient (Wildman–Crippen LogP) is 2.33. The average molecular weight is 303 g/mol. The quantitative estimate of drug-likeness (QED) is 0.786. The van der Waals surface area contributed by atoms with Gasteiger partial charge in [0.05, 0.1) is 12.3 Å². The maximum absolute atomic E-state index is 14.0. The number of aromatic nitrogens is 1. The molecule has 2 N–H and O–H groups in total. The van der Waals surface area contributed by atoms with Crippen molar-refractivity contribution in [3.63, 3.8) is 0 Å². The minimum absolute atomic E-state index is 0.0107. The molecule has 0 amide bonds. The highest BCUT2D eigenvalue weighted by Gasteiger charge is 2.10. The summed E-state index contributed by atoms with van der Waals surface area (Å²) < 4.78 is 14.0. The predicted molar refractivity (Wildman–Crippen MR) is 86.2 cm³/mol. The van der Waals surface area contributed by atoms with E-state index in [9.17, 15) is 4.39 Å². The van der Waals surface area contributed by atoms with Gasteiger partial charge in [0, 0.05) is 38.6 Å². The third-order valence-electron chi connectivity index (χ3n) is 3.48. The molecular formula is C17H22FN3O. The van der Waals surface area contributed by atoms with Crippen LogP contribution in [-0.2, 0) is 13.1 Å². The molecule has 0 aliphatic heterocycles. The van der Waals surface area contributed by atoms with Gasteiger partial charge in [-0.05, 0) is 36.2 Å². The summed E-state index contributed by atoms with van der Waals surface area (Å²) in [5.74, 6) is -0.258. The lowest BCUT2D eigenvalue weighted by Crippen LogP contribution is -2.27. The topological polar surface area (TPSA) is 48.4 Å². The first-order valence-corrected chi connectivity index (χ1v) is 7.48. The van der Waals surface area contributed by atoms with Gasteiger partial charge in [0.25, 0.3) is 0 Å². The van der Waals surface area contributed by atoms with Gasteiger partial charge in [-0.1, -0.05) is 12.1 Å². The van der Waals surface area contributed by atoms with E-state index in [2.05, 4.69) is 10.3 Å². The van der Waals surface area contributed by atoms with Crippen LogP contribution in [0.4, 0.5) is 10.1 Å². The molecule has 2 aromatic rings. The van der Waals surface area contributed by atoms with Crippen molar-refractivity contribution in [1.29, 1.82) is 0 Å². The number of nitrogens with zero attached hydrogens (tertiary/aromatic N) is 2. The number of nitrogens with one attached hydrogen (secondary N) is 1. The van der Waals surface area contributed by atoms with Crippen LogP contribution >= 0.6 is 0 Å². The zero-order valence-corrected chi connectivity index (χ0v) is 12.8. The number of aliphatic hydroxyl groups excluding tert-OH is 1. The van der Waals surface area contributed by atoms with Gasteiger partial charge in [-0.3, -0.25) is 4.98 Å². The van der Waals surface area contributed by atoms with Crippen molar-refractivity contribution in [3.8, 4) is 0 Å². The van der Waals surface area contributed by atoms with Crippen LogP contribution in [0, 0.1) is 5.82 Å². The van der Waals surface area contributed by atoms with Gasteiger partial charge < -0.3 is 15.3 Å². The van der Waals surface area contributed by atoms with E-state index in [1.54, 1.807) is 12.3 Å². The van der Waals surface area contributed by atoms with Gasteiger partial charge in [0.15, 0.2) is 0 Å². The number of rotatable bonds is 8. The van der Waals surface area contributed by atoms with Crippen molar-refractivity contribution in [2.45, 2.75) is 20.0 Å². The highest BCUT2D eigenvalue weighted by molar-refractivity contribution is 5.50. The molecule has 0 spiro atoms. The number of anilines is 1. The first kappa shape index (κ1) is 16.4. The molecule has 1 aromatic carbocycles. The number of aliphatic hydroxyl groups is 1. The van der Waals surface area contributed by atoms with Crippen molar-refractivity contribution >= 4 is 5.69 Å². The molecule has 22 heavy (non-hydrogen) atoms. The molecule has 0 fully saturated rings. The number of hydrogen-bond acceptors (Lipinski definition) is 4. The molecule has 0 radical (unpaired) electrons. The molecule has 1 heterocycles. The Morgan fingerprint density at radius 2 is 2.05 bits per heavy atom. The summed E-state index contributed by atoms with van der Waals surface area (Å²) in [7, 11) is 0. The van der Waals surface area contributed by atoms with Crippen LogP contribution in [0.25, 0.3) is 0 Å². The normalized spacial score (nSPS) is 10.7. The van der Waals surface area contributed by atoms with E-state index in [4.69, 9.17) is 5.11 Å². The van der Waals surface area contributed by atoms with Gasteiger partial charge in [-0.15, -0.1) is 0 Å². The molecule has 2 rings (SSSR count). The molecule has 0 saturated heterocycles. The first-order chi connectivity index (χ1) is 10.7. The third kappa shape index (κ3) is 4.51. The number of likely N-dealkylation sites (N-methyl/N-ethyl adjacent to an activating group) is 1. The molecule has 0 bridgehead atoms. The summed E-state index contributed by atoms with van der Waals surface area (Å²) in [6.45, 7) is 4.41. The number of halogens is 1. The van der Waals surface area contributed by atoms with Crippen LogP contribution in [0.15, 0.2) is 42.7 Å². The Kier molecular flexibility index (Phi) is 6.30. The Morgan fingerprint density at radius 3 is 2.73 bits per heavy atom. The molecule has 0 saturated carbocycles. The van der Waals surface area contributed by atoms with E-state index in [0.717, 1.165) is 11.1 Å². The smallest absolute Gasteiger partial charge is 0.146 e. The van der Waals surface area contributed by atoms with Crippen LogP contribution in [0.2, 0.25) is 0 Å². The lowest BCUT2D eigenvalue weighted by Gasteiger charge is -2.23. The summed E-state index contributed by atoms with van der Waals surface area (Å²) in [5, 5.41) is 12.4. The van der Waals surface area contributed by atoms with Crippen LogP contribution in [-0.4, -0.2) is 29.8 Å². The second-order valence-electron chi connectivity index (χ2n) is 5.05. The average Bonchev–Trinajstić information content (AvgIpc) is 2.55. The number of pyridine rings is 1. The Bertz CT molecular complexity index is 577. The fourth-order valence-electron chi connectivity index (χ4n) is 2.33. The van der Waals surface area contributed by atoms with Crippen LogP contribution in [0.1, 0.15) is 18.1 Å². The molecule has 0 atom stereocenters. The minimum Gasteiger partial charge on any atom is -0.395 e. The molecule has 4 nitrogen and oxygen atoms in total. The van der Waals surface area contributed by atoms with Crippen molar-refractivity contribution < 1.29 is 9.50 Å².